The maximum Gasteiger partial charge on any atom is 0.268 e. The zero-order chi connectivity index (χ0) is 23.6. The standard InChI is InChI=1S/C27H26N2O3S/c1-20-10-13-24(14-11-20)33(30,31)29-19-26(22-8-5-9-23(18-22)32-4)25-17-21(12-15-27(25)29)7-6-16-28(2)3/h5,8-15,17-19H,16H2,1-4H3. The fourth-order valence-electron chi connectivity index (χ4n) is 3.62. The summed E-state index contributed by atoms with van der Waals surface area (Å²) in [7, 11) is 1.76. The zero-order valence-corrected chi connectivity index (χ0v) is 20.0. The van der Waals surface area contributed by atoms with E-state index in [1.807, 2.05) is 68.4 Å². The highest BCUT2D eigenvalue weighted by atomic mass is 32.2. The minimum Gasteiger partial charge on any atom is -0.497 e. The molecule has 0 amide bonds. The lowest BCUT2D eigenvalue weighted by molar-refractivity contribution is 0.415. The summed E-state index contributed by atoms with van der Waals surface area (Å²) >= 11 is 0. The normalized spacial score (nSPS) is 11.4. The number of rotatable bonds is 5. The van der Waals surface area contributed by atoms with Crippen molar-refractivity contribution in [1.29, 1.82) is 0 Å². The number of fused-ring (bicyclic) bond motifs is 1. The predicted molar refractivity (Wildman–Crippen MR) is 133 cm³/mol. The molecule has 33 heavy (non-hydrogen) atoms. The number of methoxy groups -OCH3 is 1. The van der Waals surface area contributed by atoms with Gasteiger partial charge in [0.2, 0.25) is 0 Å². The van der Waals surface area contributed by atoms with Crippen LogP contribution in [0.4, 0.5) is 0 Å². The summed E-state index contributed by atoms with van der Waals surface area (Å²) in [6, 6.07) is 20.1. The van der Waals surface area contributed by atoms with Crippen molar-refractivity contribution < 1.29 is 13.2 Å². The topological polar surface area (TPSA) is 51.5 Å². The first kappa shape index (κ1) is 22.7. The molecule has 0 aliphatic rings. The monoisotopic (exact) mass is 458 g/mol. The molecule has 0 atom stereocenters. The second-order valence-corrected chi connectivity index (χ2v) is 9.98. The Balaban J connectivity index is 1.94. The summed E-state index contributed by atoms with van der Waals surface area (Å²) in [6.07, 6.45) is 1.69. The van der Waals surface area contributed by atoms with Crippen LogP contribution in [0.1, 0.15) is 11.1 Å². The van der Waals surface area contributed by atoms with Crippen molar-refractivity contribution in [3.63, 3.8) is 0 Å². The van der Waals surface area contributed by atoms with Crippen molar-refractivity contribution in [2.45, 2.75) is 11.8 Å². The van der Waals surface area contributed by atoms with Crippen LogP contribution in [0.15, 0.2) is 77.8 Å². The van der Waals surface area contributed by atoms with E-state index in [1.165, 1.54) is 3.97 Å². The molecule has 168 valence electrons. The zero-order valence-electron chi connectivity index (χ0n) is 19.2. The molecule has 0 spiro atoms. The van der Waals surface area contributed by atoms with Crippen LogP contribution >= 0.6 is 0 Å². The Morgan fingerprint density at radius 1 is 1.00 bits per heavy atom. The minimum atomic E-state index is -3.78. The molecule has 1 aromatic heterocycles. The van der Waals surface area contributed by atoms with Crippen molar-refractivity contribution in [2.75, 3.05) is 27.7 Å². The molecule has 0 radical (unpaired) electrons. The van der Waals surface area contributed by atoms with E-state index in [0.29, 0.717) is 17.8 Å². The summed E-state index contributed by atoms with van der Waals surface area (Å²) in [5.41, 5.74) is 4.11. The van der Waals surface area contributed by atoms with Crippen molar-refractivity contribution in [2.24, 2.45) is 0 Å². The molecule has 4 rings (SSSR count). The Hall–Kier alpha value is -3.53. The molecule has 0 fully saturated rings. The van der Waals surface area contributed by atoms with Gasteiger partial charge in [0.15, 0.2) is 0 Å². The van der Waals surface area contributed by atoms with Crippen molar-refractivity contribution >= 4 is 20.9 Å². The number of hydrogen-bond acceptors (Lipinski definition) is 4. The smallest absolute Gasteiger partial charge is 0.268 e. The molecule has 0 aliphatic carbocycles. The number of aromatic nitrogens is 1. The quantitative estimate of drug-likeness (QED) is 0.404. The van der Waals surface area contributed by atoms with Gasteiger partial charge in [0.05, 0.1) is 24.1 Å². The van der Waals surface area contributed by atoms with Gasteiger partial charge in [-0.3, -0.25) is 4.90 Å². The Kier molecular flexibility index (Phi) is 6.28. The van der Waals surface area contributed by atoms with Gasteiger partial charge >= 0.3 is 0 Å². The van der Waals surface area contributed by atoms with Crippen molar-refractivity contribution in [1.82, 2.24) is 8.87 Å². The number of aryl methyl sites for hydroxylation is 1. The van der Waals surface area contributed by atoms with E-state index in [1.54, 1.807) is 37.6 Å². The first-order valence-electron chi connectivity index (χ1n) is 10.5. The van der Waals surface area contributed by atoms with E-state index in [-0.39, 0.29) is 4.90 Å². The highest BCUT2D eigenvalue weighted by Crippen LogP contribution is 2.35. The number of ether oxygens (including phenoxy) is 1. The van der Waals surface area contributed by atoms with Crippen LogP contribution in [-0.4, -0.2) is 45.0 Å². The molecule has 1 heterocycles. The summed E-state index contributed by atoms with van der Waals surface area (Å²) < 4.78 is 33.9. The number of hydrogen-bond donors (Lipinski definition) is 0. The summed E-state index contributed by atoms with van der Waals surface area (Å²) in [5.74, 6) is 7.03. The second kappa shape index (κ2) is 9.14. The number of nitrogens with zero attached hydrogens (tertiary/aromatic N) is 2. The van der Waals surface area contributed by atoms with Gasteiger partial charge in [-0.1, -0.05) is 41.7 Å². The molecular formula is C27H26N2O3S. The molecule has 0 saturated carbocycles. The molecule has 0 unspecified atom stereocenters. The lowest BCUT2D eigenvalue weighted by Gasteiger charge is -2.08. The third-order valence-electron chi connectivity index (χ3n) is 5.36. The second-order valence-electron chi connectivity index (χ2n) is 8.16. The molecule has 0 bridgehead atoms. The molecule has 3 aromatic carbocycles. The number of benzene rings is 3. The van der Waals surface area contributed by atoms with Crippen LogP contribution in [0.25, 0.3) is 22.0 Å². The van der Waals surface area contributed by atoms with E-state index < -0.39 is 10.0 Å². The van der Waals surface area contributed by atoms with E-state index in [2.05, 4.69) is 11.8 Å². The maximum atomic E-state index is 13.6. The van der Waals surface area contributed by atoms with Gasteiger partial charge in [-0.2, -0.15) is 0 Å². The lowest BCUT2D eigenvalue weighted by Crippen LogP contribution is -2.11. The van der Waals surface area contributed by atoms with Gasteiger partial charge in [0, 0.05) is 22.7 Å². The molecule has 6 heteroatoms. The molecule has 0 saturated heterocycles. The SMILES string of the molecule is COc1cccc(-c2cn(S(=O)(=O)c3ccc(C)cc3)c3ccc(C#CCN(C)C)cc23)c1. The predicted octanol–water partition coefficient (Wildman–Crippen LogP) is 4.78. The highest BCUT2D eigenvalue weighted by molar-refractivity contribution is 7.90. The maximum absolute atomic E-state index is 13.6. The summed E-state index contributed by atoms with van der Waals surface area (Å²) in [4.78, 5) is 2.25. The Labute approximate surface area is 195 Å². The largest absolute Gasteiger partial charge is 0.497 e. The van der Waals surface area contributed by atoms with Crippen molar-refractivity contribution in [3.05, 3.63) is 84.1 Å². The van der Waals surface area contributed by atoms with E-state index in [9.17, 15) is 8.42 Å². The van der Waals surface area contributed by atoms with Gasteiger partial charge in [-0.15, -0.1) is 0 Å². The van der Waals surface area contributed by atoms with Crippen LogP contribution in [0, 0.1) is 18.8 Å². The van der Waals surface area contributed by atoms with Crippen LogP contribution < -0.4 is 4.74 Å². The van der Waals surface area contributed by atoms with E-state index >= 15 is 0 Å². The average Bonchev–Trinajstić information content (AvgIpc) is 3.19. The van der Waals surface area contributed by atoms with Gasteiger partial charge in [-0.25, -0.2) is 12.4 Å². The fraction of sp³-hybridized carbons (Fsp3) is 0.185. The Morgan fingerprint density at radius 2 is 1.76 bits per heavy atom. The van der Waals surface area contributed by atoms with Gasteiger partial charge in [0.25, 0.3) is 10.0 Å². The van der Waals surface area contributed by atoms with E-state index in [0.717, 1.165) is 27.6 Å². The Morgan fingerprint density at radius 3 is 2.45 bits per heavy atom. The first-order valence-corrected chi connectivity index (χ1v) is 12.0. The molecule has 0 aliphatic heterocycles. The van der Waals surface area contributed by atoms with Gasteiger partial charge in [0.1, 0.15) is 5.75 Å². The fourth-order valence-corrected chi connectivity index (χ4v) is 4.99. The van der Waals surface area contributed by atoms with Crippen LogP contribution in [-0.2, 0) is 10.0 Å². The minimum absolute atomic E-state index is 0.247. The van der Waals surface area contributed by atoms with Gasteiger partial charge in [-0.05, 0) is 69.0 Å². The molecule has 4 aromatic rings. The molecule has 0 N–H and O–H groups in total. The van der Waals surface area contributed by atoms with Crippen molar-refractivity contribution in [3.8, 4) is 28.7 Å². The highest BCUT2D eigenvalue weighted by Gasteiger charge is 2.22. The molecular weight excluding hydrogens is 432 g/mol. The summed E-state index contributed by atoms with van der Waals surface area (Å²) in [6.45, 7) is 2.57. The first-order chi connectivity index (χ1) is 15.8. The van der Waals surface area contributed by atoms with E-state index in [4.69, 9.17) is 4.74 Å². The third kappa shape index (κ3) is 4.65. The third-order valence-corrected chi connectivity index (χ3v) is 7.04. The molecule has 5 nitrogen and oxygen atoms in total. The van der Waals surface area contributed by atoms with Crippen LogP contribution in [0.3, 0.4) is 0 Å². The summed E-state index contributed by atoms with van der Waals surface area (Å²) in [5, 5.41) is 0.815. The Bertz CT molecular complexity index is 1470. The average molecular weight is 459 g/mol. The lowest BCUT2D eigenvalue weighted by atomic mass is 10.0. The van der Waals surface area contributed by atoms with Gasteiger partial charge < -0.3 is 4.74 Å². The van der Waals surface area contributed by atoms with Crippen LogP contribution in [0.5, 0.6) is 5.75 Å². The van der Waals surface area contributed by atoms with Crippen LogP contribution in [0.2, 0.25) is 0 Å².